The van der Waals surface area contributed by atoms with E-state index in [0.717, 1.165) is 5.56 Å². The van der Waals surface area contributed by atoms with E-state index in [4.69, 9.17) is 5.11 Å². The average Bonchev–Trinajstić information content (AvgIpc) is 2.06. The van der Waals surface area contributed by atoms with Gasteiger partial charge in [-0.25, -0.2) is 14.8 Å². The van der Waals surface area contributed by atoms with Crippen molar-refractivity contribution < 1.29 is 9.90 Å². The molecule has 4 heteroatoms. The van der Waals surface area contributed by atoms with E-state index in [-0.39, 0.29) is 12.0 Å². The average molecular weight is 164 g/mol. The van der Waals surface area contributed by atoms with Gasteiger partial charge in [-0.1, -0.05) is 6.58 Å². The van der Waals surface area contributed by atoms with Gasteiger partial charge in [0.25, 0.3) is 0 Å². The molecule has 0 aromatic carbocycles. The highest BCUT2D eigenvalue weighted by atomic mass is 16.4. The van der Waals surface area contributed by atoms with Crippen molar-refractivity contribution in [1.29, 1.82) is 0 Å². The number of carboxylic acids is 1. The third kappa shape index (κ3) is 2.16. The number of rotatable bonds is 3. The molecule has 0 saturated heterocycles. The van der Waals surface area contributed by atoms with E-state index in [0.29, 0.717) is 0 Å². The van der Waals surface area contributed by atoms with Gasteiger partial charge < -0.3 is 5.11 Å². The monoisotopic (exact) mass is 164 g/mol. The van der Waals surface area contributed by atoms with E-state index < -0.39 is 5.97 Å². The topological polar surface area (TPSA) is 63.1 Å². The Labute approximate surface area is 69.6 Å². The summed E-state index contributed by atoms with van der Waals surface area (Å²) in [5, 5.41) is 8.50. The van der Waals surface area contributed by atoms with Gasteiger partial charge in [-0.3, -0.25) is 0 Å². The Kier molecular flexibility index (Phi) is 2.53. The molecule has 0 aliphatic heterocycles. The van der Waals surface area contributed by atoms with Crippen molar-refractivity contribution in [2.24, 2.45) is 0 Å². The fourth-order valence-electron chi connectivity index (χ4n) is 0.743. The first-order valence-electron chi connectivity index (χ1n) is 3.35. The van der Waals surface area contributed by atoms with E-state index in [9.17, 15) is 4.79 Å². The van der Waals surface area contributed by atoms with Crippen molar-refractivity contribution in [3.8, 4) is 0 Å². The van der Waals surface area contributed by atoms with Crippen LogP contribution in [-0.4, -0.2) is 21.0 Å². The van der Waals surface area contributed by atoms with Crippen LogP contribution < -0.4 is 0 Å². The van der Waals surface area contributed by atoms with Crippen LogP contribution in [0.15, 0.2) is 30.9 Å². The molecule has 0 aliphatic rings. The minimum absolute atomic E-state index is 0.143. The summed E-state index contributed by atoms with van der Waals surface area (Å²) >= 11 is 0. The molecule has 1 aromatic rings. The first-order chi connectivity index (χ1) is 5.70. The van der Waals surface area contributed by atoms with Gasteiger partial charge in [-0.05, 0) is 5.56 Å². The first-order valence-corrected chi connectivity index (χ1v) is 3.35. The highest BCUT2D eigenvalue weighted by Crippen LogP contribution is 2.02. The molecule has 0 aliphatic carbocycles. The van der Waals surface area contributed by atoms with Crippen molar-refractivity contribution in [2.75, 3.05) is 0 Å². The molecule has 0 amide bonds. The minimum Gasteiger partial charge on any atom is -0.478 e. The van der Waals surface area contributed by atoms with Gasteiger partial charge >= 0.3 is 5.97 Å². The number of hydrogen-bond donors (Lipinski definition) is 1. The van der Waals surface area contributed by atoms with Gasteiger partial charge in [0, 0.05) is 24.4 Å². The van der Waals surface area contributed by atoms with Crippen LogP contribution in [0, 0.1) is 0 Å². The minimum atomic E-state index is -0.987. The molecular weight excluding hydrogens is 156 g/mol. The normalized spacial score (nSPS) is 9.33. The molecule has 1 aromatic heterocycles. The molecule has 0 radical (unpaired) electrons. The van der Waals surface area contributed by atoms with Gasteiger partial charge in [-0.2, -0.15) is 0 Å². The highest BCUT2D eigenvalue weighted by Gasteiger charge is 2.04. The van der Waals surface area contributed by atoms with Crippen LogP contribution in [0.2, 0.25) is 0 Å². The second-order valence-electron chi connectivity index (χ2n) is 2.33. The molecule has 1 heterocycles. The summed E-state index contributed by atoms with van der Waals surface area (Å²) in [5.41, 5.74) is 0.898. The number of nitrogens with zero attached hydrogens (tertiary/aromatic N) is 2. The Bertz CT molecular complexity index is 295. The molecule has 4 nitrogen and oxygen atoms in total. The zero-order chi connectivity index (χ0) is 8.97. The SMILES string of the molecule is C=C(Cc1cncnc1)C(=O)O. The Balaban J connectivity index is 2.65. The van der Waals surface area contributed by atoms with Crippen LogP contribution in [0.1, 0.15) is 5.56 Å². The zero-order valence-electron chi connectivity index (χ0n) is 6.40. The predicted octanol–water partition coefficient (Wildman–Crippen LogP) is 0.660. The van der Waals surface area contributed by atoms with Crippen molar-refractivity contribution in [3.05, 3.63) is 36.4 Å². The largest absolute Gasteiger partial charge is 0.478 e. The molecular formula is C8H8N2O2. The maximum atomic E-state index is 10.4. The molecule has 0 fully saturated rings. The highest BCUT2D eigenvalue weighted by molar-refractivity contribution is 5.86. The van der Waals surface area contributed by atoms with Crippen molar-refractivity contribution in [3.63, 3.8) is 0 Å². The third-order valence-corrected chi connectivity index (χ3v) is 1.33. The van der Waals surface area contributed by atoms with E-state index >= 15 is 0 Å². The van der Waals surface area contributed by atoms with Crippen molar-refractivity contribution >= 4 is 5.97 Å². The van der Waals surface area contributed by atoms with Crippen molar-refractivity contribution in [2.45, 2.75) is 6.42 Å². The van der Waals surface area contributed by atoms with Gasteiger partial charge in [0.05, 0.1) is 0 Å². The lowest BCUT2D eigenvalue weighted by Gasteiger charge is -1.97. The summed E-state index contributed by atoms with van der Waals surface area (Å²) in [6, 6.07) is 0. The number of carbonyl (C=O) groups is 1. The Hall–Kier alpha value is -1.71. The Morgan fingerprint density at radius 2 is 2.08 bits per heavy atom. The number of aliphatic carboxylic acids is 1. The van der Waals surface area contributed by atoms with Gasteiger partial charge in [-0.15, -0.1) is 0 Å². The molecule has 0 spiro atoms. The number of aromatic nitrogens is 2. The maximum Gasteiger partial charge on any atom is 0.331 e. The number of carboxylic acid groups (broad SMARTS) is 1. The molecule has 0 saturated carbocycles. The third-order valence-electron chi connectivity index (χ3n) is 1.33. The standard InChI is InChI=1S/C8H8N2O2/c1-6(8(11)12)2-7-3-9-5-10-4-7/h3-5H,1-2H2,(H,11,12). The lowest BCUT2D eigenvalue weighted by atomic mass is 10.1. The molecule has 12 heavy (non-hydrogen) atoms. The predicted molar refractivity (Wildman–Crippen MR) is 42.5 cm³/mol. The molecule has 0 bridgehead atoms. The van der Waals surface area contributed by atoms with Gasteiger partial charge in [0.15, 0.2) is 0 Å². The molecule has 1 N–H and O–H groups in total. The van der Waals surface area contributed by atoms with E-state index in [1.54, 1.807) is 12.4 Å². The second-order valence-corrected chi connectivity index (χ2v) is 2.33. The Morgan fingerprint density at radius 3 is 2.58 bits per heavy atom. The Morgan fingerprint density at radius 1 is 1.50 bits per heavy atom. The number of hydrogen-bond acceptors (Lipinski definition) is 3. The summed E-state index contributed by atoms with van der Waals surface area (Å²) in [5.74, 6) is -0.987. The summed E-state index contributed by atoms with van der Waals surface area (Å²) < 4.78 is 0. The molecule has 62 valence electrons. The lowest BCUT2D eigenvalue weighted by Crippen LogP contribution is -2.02. The van der Waals surface area contributed by atoms with Gasteiger partial charge in [0.1, 0.15) is 6.33 Å². The summed E-state index contributed by atoms with van der Waals surface area (Å²) in [6.45, 7) is 3.39. The van der Waals surface area contributed by atoms with Crippen LogP contribution >= 0.6 is 0 Å². The quantitative estimate of drug-likeness (QED) is 0.666. The first kappa shape index (κ1) is 8.39. The smallest absolute Gasteiger partial charge is 0.331 e. The second kappa shape index (κ2) is 3.61. The maximum absolute atomic E-state index is 10.4. The van der Waals surface area contributed by atoms with Crippen LogP contribution in [0.4, 0.5) is 0 Å². The fraction of sp³-hybridized carbons (Fsp3) is 0.125. The van der Waals surface area contributed by atoms with E-state index in [1.807, 2.05) is 0 Å². The summed E-state index contributed by atoms with van der Waals surface area (Å²) in [6.07, 6.45) is 4.82. The lowest BCUT2D eigenvalue weighted by molar-refractivity contribution is -0.132. The van der Waals surface area contributed by atoms with Crippen LogP contribution in [0.3, 0.4) is 0 Å². The van der Waals surface area contributed by atoms with Gasteiger partial charge in [0.2, 0.25) is 0 Å². The summed E-state index contributed by atoms with van der Waals surface area (Å²) in [7, 11) is 0. The van der Waals surface area contributed by atoms with Crippen molar-refractivity contribution in [1.82, 2.24) is 9.97 Å². The zero-order valence-corrected chi connectivity index (χ0v) is 6.40. The van der Waals surface area contributed by atoms with Crippen LogP contribution in [0.25, 0.3) is 0 Å². The van der Waals surface area contributed by atoms with E-state index in [1.165, 1.54) is 6.33 Å². The summed E-state index contributed by atoms with van der Waals surface area (Å²) in [4.78, 5) is 17.9. The van der Waals surface area contributed by atoms with Crippen LogP contribution in [0.5, 0.6) is 0 Å². The molecule has 0 unspecified atom stereocenters. The molecule has 0 atom stereocenters. The van der Waals surface area contributed by atoms with E-state index in [2.05, 4.69) is 16.5 Å². The fourth-order valence-corrected chi connectivity index (χ4v) is 0.743. The molecule has 1 rings (SSSR count). The van der Waals surface area contributed by atoms with Crippen LogP contribution in [-0.2, 0) is 11.2 Å².